The lowest BCUT2D eigenvalue weighted by atomic mass is 10.2. The van der Waals surface area contributed by atoms with Crippen LogP contribution < -0.4 is 10.2 Å². The summed E-state index contributed by atoms with van der Waals surface area (Å²) >= 11 is 12.2. The van der Waals surface area contributed by atoms with E-state index in [4.69, 9.17) is 27.9 Å². The molecule has 1 N–H and O–H groups in total. The Balaban J connectivity index is 1.81. The highest BCUT2D eigenvalue weighted by Gasteiger charge is 2.12. The fraction of sp³-hybridized carbons (Fsp3) is 0.143. The number of para-hydroxylation sites is 1. The fourth-order valence-corrected chi connectivity index (χ4v) is 3.28. The predicted octanol–water partition coefficient (Wildman–Crippen LogP) is 5.17. The van der Waals surface area contributed by atoms with Gasteiger partial charge in [0.2, 0.25) is 0 Å². The van der Waals surface area contributed by atoms with E-state index in [2.05, 4.69) is 10.5 Å². The van der Waals surface area contributed by atoms with Gasteiger partial charge in [0.1, 0.15) is 5.75 Å². The number of rotatable bonds is 5. The largest absolute Gasteiger partial charge is 0.496 e. The van der Waals surface area contributed by atoms with E-state index in [9.17, 15) is 4.79 Å². The van der Waals surface area contributed by atoms with E-state index >= 15 is 0 Å². The second-order valence-corrected chi connectivity index (χ2v) is 6.97. The van der Waals surface area contributed by atoms with Gasteiger partial charge >= 0.3 is 0 Å². The van der Waals surface area contributed by atoms with Gasteiger partial charge in [-0.1, -0.05) is 35.3 Å². The molecule has 3 aromatic rings. The number of aromatic nitrogens is 1. The topological polar surface area (TPSA) is 55.6 Å². The molecule has 0 bridgehead atoms. The third-order valence-electron chi connectivity index (χ3n) is 4.35. The van der Waals surface area contributed by atoms with Gasteiger partial charge in [0.05, 0.1) is 28.9 Å². The molecule has 0 aliphatic carbocycles. The van der Waals surface area contributed by atoms with E-state index in [0.29, 0.717) is 21.4 Å². The van der Waals surface area contributed by atoms with E-state index in [1.807, 2.05) is 36.6 Å². The summed E-state index contributed by atoms with van der Waals surface area (Å²) in [4.78, 5) is 12.3. The van der Waals surface area contributed by atoms with Crippen molar-refractivity contribution in [2.45, 2.75) is 13.8 Å². The molecule has 0 radical (unpaired) electrons. The zero-order valence-electron chi connectivity index (χ0n) is 15.7. The van der Waals surface area contributed by atoms with Crippen LogP contribution in [-0.2, 0) is 0 Å². The molecule has 1 amide bonds. The second kappa shape index (κ2) is 8.50. The summed E-state index contributed by atoms with van der Waals surface area (Å²) in [7, 11) is 1.52. The Hall–Kier alpha value is -2.76. The Kier molecular flexibility index (Phi) is 6.07. The van der Waals surface area contributed by atoms with Crippen LogP contribution in [0, 0.1) is 13.8 Å². The second-order valence-electron chi connectivity index (χ2n) is 6.16. The standard InChI is InChI=1S/C21H19Cl2N3O2/c1-13-10-15(14(2)26(13)16-8-9-18(22)19(23)11-16)12-24-25-21(27)17-6-4-5-7-20(17)28-3/h4-12H,1-3H3,(H,25,27)/b24-12-. The molecule has 1 aromatic heterocycles. The zero-order valence-corrected chi connectivity index (χ0v) is 17.2. The van der Waals surface area contributed by atoms with E-state index in [1.54, 1.807) is 36.5 Å². The normalized spacial score (nSPS) is 11.0. The van der Waals surface area contributed by atoms with Crippen LogP contribution in [0.3, 0.4) is 0 Å². The molecule has 0 fully saturated rings. The quantitative estimate of drug-likeness (QED) is 0.461. The van der Waals surface area contributed by atoms with Crippen molar-refractivity contribution in [1.29, 1.82) is 0 Å². The number of nitrogens with zero attached hydrogens (tertiary/aromatic N) is 2. The molecular formula is C21H19Cl2N3O2. The van der Waals surface area contributed by atoms with E-state index in [0.717, 1.165) is 22.6 Å². The van der Waals surface area contributed by atoms with Crippen LogP contribution in [-0.4, -0.2) is 23.8 Å². The average Bonchev–Trinajstić information content (AvgIpc) is 2.97. The van der Waals surface area contributed by atoms with Crippen LogP contribution in [0.15, 0.2) is 53.6 Å². The van der Waals surface area contributed by atoms with Gasteiger partial charge in [0.25, 0.3) is 5.91 Å². The van der Waals surface area contributed by atoms with Gasteiger partial charge in [-0.2, -0.15) is 5.10 Å². The summed E-state index contributed by atoms with van der Waals surface area (Å²) in [6, 6.07) is 14.4. The molecular weight excluding hydrogens is 397 g/mol. The highest BCUT2D eigenvalue weighted by Crippen LogP contribution is 2.27. The van der Waals surface area contributed by atoms with Gasteiger partial charge in [-0.15, -0.1) is 0 Å². The van der Waals surface area contributed by atoms with Crippen molar-refractivity contribution in [2.24, 2.45) is 5.10 Å². The molecule has 3 rings (SSSR count). The SMILES string of the molecule is COc1ccccc1C(=O)N/N=C\c1cc(C)n(-c2ccc(Cl)c(Cl)c2)c1C. The van der Waals surface area contributed by atoms with Gasteiger partial charge in [-0.3, -0.25) is 4.79 Å². The Morgan fingerprint density at radius 1 is 1.11 bits per heavy atom. The average molecular weight is 416 g/mol. The summed E-state index contributed by atoms with van der Waals surface area (Å²) in [6.45, 7) is 3.96. The fourth-order valence-electron chi connectivity index (χ4n) is 2.99. The molecule has 7 heteroatoms. The lowest BCUT2D eigenvalue weighted by Crippen LogP contribution is -2.18. The number of methoxy groups -OCH3 is 1. The van der Waals surface area contributed by atoms with Crippen LogP contribution in [0.5, 0.6) is 5.75 Å². The minimum Gasteiger partial charge on any atom is -0.496 e. The van der Waals surface area contributed by atoms with Gasteiger partial charge in [0, 0.05) is 22.6 Å². The zero-order chi connectivity index (χ0) is 20.3. The Morgan fingerprint density at radius 2 is 1.86 bits per heavy atom. The van der Waals surface area contributed by atoms with Gasteiger partial charge in [-0.25, -0.2) is 5.43 Å². The van der Waals surface area contributed by atoms with Crippen LogP contribution in [0.4, 0.5) is 0 Å². The first-order valence-electron chi connectivity index (χ1n) is 8.53. The summed E-state index contributed by atoms with van der Waals surface area (Å²) < 4.78 is 7.25. The van der Waals surface area contributed by atoms with Gasteiger partial charge < -0.3 is 9.30 Å². The molecule has 28 heavy (non-hydrogen) atoms. The number of benzene rings is 2. The van der Waals surface area contributed by atoms with Crippen molar-refractivity contribution in [3.63, 3.8) is 0 Å². The number of nitrogens with one attached hydrogen (secondary N) is 1. The molecule has 0 aliphatic rings. The van der Waals surface area contributed by atoms with E-state index in [1.165, 1.54) is 7.11 Å². The van der Waals surface area contributed by atoms with Crippen LogP contribution in [0.25, 0.3) is 5.69 Å². The van der Waals surface area contributed by atoms with Crippen molar-refractivity contribution in [1.82, 2.24) is 9.99 Å². The molecule has 0 spiro atoms. The molecule has 1 heterocycles. The molecule has 0 unspecified atom stereocenters. The van der Waals surface area contributed by atoms with Crippen molar-refractivity contribution in [3.05, 3.63) is 81.1 Å². The Morgan fingerprint density at radius 3 is 2.57 bits per heavy atom. The van der Waals surface area contributed by atoms with Crippen molar-refractivity contribution in [2.75, 3.05) is 7.11 Å². The molecule has 0 saturated carbocycles. The highest BCUT2D eigenvalue weighted by atomic mass is 35.5. The maximum atomic E-state index is 12.3. The number of aryl methyl sites for hydroxylation is 1. The number of amides is 1. The van der Waals surface area contributed by atoms with Crippen LogP contribution >= 0.6 is 23.2 Å². The van der Waals surface area contributed by atoms with Crippen molar-refractivity contribution < 1.29 is 9.53 Å². The monoisotopic (exact) mass is 415 g/mol. The molecule has 0 atom stereocenters. The number of hydrogen-bond acceptors (Lipinski definition) is 3. The number of carbonyl (C=O) groups is 1. The lowest BCUT2D eigenvalue weighted by molar-refractivity contribution is 0.0952. The summed E-state index contributed by atoms with van der Waals surface area (Å²) in [6.07, 6.45) is 1.61. The maximum Gasteiger partial charge on any atom is 0.275 e. The number of hydrazone groups is 1. The highest BCUT2D eigenvalue weighted by molar-refractivity contribution is 6.42. The lowest BCUT2D eigenvalue weighted by Gasteiger charge is -2.10. The first kappa shape index (κ1) is 20.0. The minimum atomic E-state index is -0.341. The number of carbonyl (C=O) groups excluding carboxylic acids is 1. The first-order chi connectivity index (χ1) is 13.4. The number of ether oxygens (including phenoxy) is 1. The Bertz CT molecular complexity index is 1060. The van der Waals surface area contributed by atoms with E-state index < -0.39 is 0 Å². The number of hydrogen-bond donors (Lipinski definition) is 1. The van der Waals surface area contributed by atoms with Gasteiger partial charge in [0.15, 0.2) is 0 Å². The van der Waals surface area contributed by atoms with Crippen LogP contribution in [0.1, 0.15) is 27.3 Å². The third-order valence-corrected chi connectivity index (χ3v) is 5.09. The molecule has 0 aliphatic heterocycles. The van der Waals surface area contributed by atoms with Crippen LogP contribution in [0.2, 0.25) is 10.0 Å². The molecule has 144 valence electrons. The minimum absolute atomic E-state index is 0.341. The summed E-state index contributed by atoms with van der Waals surface area (Å²) in [5.41, 5.74) is 6.71. The number of halogens is 2. The molecule has 2 aromatic carbocycles. The molecule has 5 nitrogen and oxygen atoms in total. The first-order valence-corrected chi connectivity index (χ1v) is 9.28. The summed E-state index contributed by atoms with van der Waals surface area (Å²) in [5, 5.41) is 5.09. The van der Waals surface area contributed by atoms with Crippen molar-refractivity contribution in [3.8, 4) is 11.4 Å². The third kappa shape index (κ3) is 4.06. The van der Waals surface area contributed by atoms with Crippen molar-refractivity contribution >= 4 is 35.3 Å². The predicted molar refractivity (Wildman–Crippen MR) is 113 cm³/mol. The maximum absolute atomic E-state index is 12.3. The van der Waals surface area contributed by atoms with E-state index in [-0.39, 0.29) is 5.91 Å². The van der Waals surface area contributed by atoms with Gasteiger partial charge in [-0.05, 0) is 50.2 Å². The summed E-state index contributed by atoms with van der Waals surface area (Å²) in [5.74, 6) is 0.153. The molecule has 0 saturated heterocycles. The smallest absolute Gasteiger partial charge is 0.275 e. The Labute approximate surface area is 173 Å².